The number of amides is 2. The molecule has 19 heavy (non-hydrogen) atoms. The summed E-state index contributed by atoms with van der Waals surface area (Å²) >= 11 is 0. The molecule has 1 heterocycles. The Hall–Kier alpha value is -1.34. The molecule has 0 radical (unpaired) electrons. The number of carboxylic acids is 1. The van der Waals surface area contributed by atoms with Crippen molar-refractivity contribution in [1.82, 2.24) is 10.2 Å². The number of carbonyl (C=O) groups is 2. The van der Waals surface area contributed by atoms with Crippen molar-refractivity contribution in [1.29, 1.82) is 0 Å². The van der Waals surface area contributed by atoms with Gasteiger partial charge in [0.1, 0.15) is 5.92 Å². The van der Waals surface area contributed by atoms with E-state index in [0.29, 0.717) is 13.2 Å². The molecule has 2 N–H and O–H groups in total. The molecular weight excluding hydrogens is 252 g/mol. The third-order valence-corrected chi connectivity index (χ3v) is 3.24. The first-order chi connectivity index (χ1) is 8.97. The summed E-state index contributed by atoms with van der Waals surface area (Å²) < 4.78 is 10.1. The van der Waals surface area contributed by atoms with E-state index in [9.17, 15) is 9.59 Å². The van der Waals surface area contributed by atoms with Crippen molar-refractivity contribution >= 4 is 12.0 Å². The molecule has 7 heteroatoms. The lowest BCUT2D eigenvalue weighted by Crippen LogP contribution is -2.49. The number of ether oxygens (including phenoxy) is 2. The van der Waals surface area contributed by atoms with Crippen LogP contribution < -0.4 is 5.32 Å². The van der Waals surface area contributed by atoms with Crippen LogP contribution in [0.3, 0.4) is 0 Å². The molecule has 1 rings (SSSR count). The van der Waals surface area contributed by atoms with Crippen molar-refractivity contribution < 1.29 is 24.2 Å². The number of likely N-dealkylation sites (N-methyl/N-ethyl adjacent to an activating group) is 1. The van der Waals surface area contributed by atoms with E-state index in [2.05, 4.69) is 5.32 Å². The summed E-state index contributed by atoms with van der Waals surface area (Å²) in [6.07, 6.45) is 0. The molecule has 0 saturated carbocycles. The summed E-state index contributed by atoms with van der Waals surface area (Å²) in [4.78, 5) is 24.4. The van der Waals surface area contributed by atoms with E-state index >= 15 is 0 Å². The van der Waals surface area contributed by atoms with E-state index < -0.39 is 17.9 Å². The molecule has 0 aromatic heterocycles. The number of nitrogens with one attached hydrogen (secondary N) is 1. The maximum Gasteiger partial charge on any atom is 0.317 e. The van der Waals surface area contributed by atoms with Crippen molar-refractivity contribution in [3.05, 3.63) is 0 Å². The Morgan fingerprint density at radius 2 is 2.21 bits per heavy atom. The molecule has 0 spiro atoms. The lowest BCUT2D eigenvalue weighted by atomic mass is 10.0. The Kier molecular flexibility index (Phi) is 6.04. The minimum atomic E-state index is -0.935. The minimum Gasteiger partial charge on any atom is -0.481 e. The van der Waals surface area contributed by atoms with Gasteiger partial charge >= 0.3 is 12.0 Å². The van der Waals surface area contributed by atoms with E-state index in [1.54, 1.807) is 14.2 Å². The summed E-state index contributed by atoms with van der Waals surface area (Å²) in [5, 5.41) is 11.8. The van der Waals surface area contributed by atoms with Gasteiger partial charge in [-0.1, -0.05) is 6.92 Å². The first kappa shape index (κ1) is 15.7. The monoisotopic (exact) mass is 274 g/mol. The maximum absolute atomic E-state index is 11.9. The fourth-order valence-electron chi connectivity index (χ4n) is 2.04. The summed E-state index contributed by atoms with van der Waals surface area (Å²) in [5.41, 5.74) is 0. The molecule has 7 nitrogen and oxygen atoms in total. The molecule has 1 aliphatic heterocycles. The number of carbonyl (C=O) groups excluding carboxylic acids is 1. The van der Waals surface area contributed by atoms with Crippen LogP contribution >= 0.6 is 0 Å². The molecule has 2 amide bonds. The van der Waals surface area contributed by atoms with Gasteiger partial charge in [-0.2, -0.15) is 0 Å². The molecule has 0 aliphatic carbocycles. The van der Waals surface area contributed by atoms with Gasteiger partial charge in [-0.05, 0) is 5.92 Å². The van der Waals surface area contributed by atoms with Crippen molar-refractivity contribution in [2.45, 2.75) is 13.0 Å². The Labute approximate surface area is 112 Å². The summed E-state index contributed by atoms with van der Waals surface area (Å²) in [6.45, 7) is 3.42. The second-order valence-electron chi connectivity index (χ2n) is 4.91. The minimum absolute atomic E-state index is 0.150. The van der Waals surface area contributed by atoms with Gasteiger partial charge in [0, 0.05) is 20.7 Å². The van der Waals surface area contributed by atoms with E-state index in [-0.39, 0.29) is 25.2 Å². The van der Waals surface area contributed by atoms with E-state index in [4.69, 9.17) is 14.6 Å². The molecule has 0 bridgehead atoms. The molecule has 1 aliphatic rings. The standard InChI is InChI=1S/C12H22N2O5/c1-8(5-18-3)4-13-12(17)14(2)10-7-19-6-9(10)11(15)16/h8-10H,4-7H2,1-3H3,(H,13,17)(H,15,16). The number of aliphatic carboxylic acids is 1. The van der Waals surface area contributed by atoms with Crippen LogP contribution in [0, 0.1) is 11.8 Å². The Morgan fingerprint density at radius 1 is 1.53 bits per heavy atom. The quantitative estimate of drug-likeness (QED) is 0.712. The summed E-state index contributed by atoms with van der Waals surface area (Å²) in [6, 6.07) is -0.708. The van der Waals surface area contributed by atoms with Gasteiger partial charge in [-0.15, -0.1) is 0 Å². The van der Waals surface area contributed by atoms with Crippen LogP contribution in [0.15, 0.2) is 0 Å². The number of rotatable bonds is 6. The highest BCUT2D eigenvalue weighted by Gasteiger charge is 2.38. The molecule has 3 atom stereocenters. The Balaban J connectivity index is 2.45. The lowest BCUT2D eigenvalue weighted by Gasteiger charge is -2.27. The van der Waals surface area contributed by atoms with Crippen molar-refractivity contribution in [2.75, 3.05) is 40.5 Å². The Bertz CT molecular complexity index is 323. The highest BCUT2D eigenvalue weighted by molar-refractivity contribution is 5.77. The second-order valence-corrected chi connectivity index (χ2v) is 4.91. The number of nitrogens with zero attached hydrogens (tertiary/aromatic N) is 1. The van der Waals surface area contributed by atoms with Crippen LogP contribution in [0.1, 0.15) is 6.92 Å². The topological polar surface area (TPSA) is 88.1 Å². The number of carboxylic acid groups (broad SMARTS) is 1. The van der Waals surface area contributed by atoms with Gasteiger partial charge in [0.25, 0.3) is 0 Å². The molecule has 3 unspecified atom stereocenters. The normalized spacial score (nSPS) is 23.9. The summed E-state index contributed by atoms with van der Waals surface area (Å²) in [5.74, 6) is -1.39. The molecule has 0 aromatic carbocycles. The fraction of sp³-hybridized carbons (Fsp3) is 0.833. The number of hydrogen-bond donors (Lipinski definition) is 2. The second kappa shape index (κ2) is 7.30. The number of urea groups is 1. The van der Waals surface area contributed by atoms with Gasteiger partial charge in [0.2, 0.25) is 0 Å². The average Bonchev–Trinajstić information content (AvgIpc) is 2.84. The van der Waals surface area contributed by atoms with Crippen LogP contribution in [0.2, 0.25) is 0 Å². The lowest BCUT2D eigenvalue weighted by molar-refractivity contribution is -0.142. The smallest absolute Gasteiger partial charge is 0.317 e. The van der Waals surface area contributed by atoms with Gasteiger partial charge in [-0.25, -0.2) is 4.79 Å². The SMILES string of the molecule is COCC(C)CNC(=O)N(C)C1COCC1C(=O)O. The fourth-order valence-corrected chi connectivity index (χ4v) is 2.04. The van der Waals surface area contributed by atoms with Gasteiger partial charge in [0.15, 0.2) is 0 Å². The zero-order valence-corrected chi connectivity index (χ0v) is 11.6. The predicted octanol–water partition coefficient (Wildman–Crippen LogP) is 0.00990. The van der Waals surface area contributed by atoms with E-state index in [1.807, 2.05) is 6.92 Å². The van der Waals surface area contributed by atoms with Crippen molar-refractivity contribution in [3.63, 3.8) is 0 Å². The highest BCUT2D eigenvalue weighted by atomic mass is 16.5. The maximum atomic E-state index is 11.9. The molecular formula is C12H22N2O5. The van der Waals surface area contributed by atoms with Crippen LogP contribution in [0.4, 0.5) is 4.79 Å². The van der Waals surface area contributed by atoms with Gasteiger partial charge in [-0.3, -0.25) is 4.79 Å². The Morgan fingerprint density at radius 3 is 2.79 bits per heavy atom. The number of hydrogen-bond acceptors (Lipinski definition) is 4. The zero-order chi connectivity index (χ0) is 14.4. The van der Waals surface area contributed by atoms with E-state index in [0.717, 1.165) is 0 Å². The molecule has 1 fully saturated rings. The third kappa shape index (κ3) is 4.36. The molecule has 1 saturated heterocycles. The first-order valence-electron chi connectivity index (χ1n) is 6.27. The average molecular weight is 274 g/mol. The summed E-state index contributed by atoms with van der Waals surface area (Å²) in [7, 11) is 3.20. The van der Waals surface area contributed by atoms with Crippen LogP contribution in [-0.4, -0.2) is 68.6 Å². The molecule has 110 valence electrons. The van der Waals surface area contributed by atoms with Crippen molar-refractivity contribution in [2.24, 2.45) is 11.8 Å². The third-order valence-electron chi connectivity index (χ3n) is 3.24. The zero-order valence-electron chi connectivity index (χ0n) is 11.6. The predicted molar refractivity (Wildman–Crippen MR) is 67.9 cm³/mol. The van der Waals surface area contributed by atoms with Crippen LogP contribution in [0.25, 0.3) is 0 Å². The molecule has 0 aromatic rings. The number of methoxy groups -OCH3 is 1. The van der Waals surface area contributed by atoms with Gasteiger partial charge in [0.05, 0.1) is 25.9 Å². The van der Waals surface area contributed by atoms with E-state index in [1.165, 1.54) is 4.90 Å². The van der Waals surface area contributed by atoms with Crippen LogP contribution in [0.5, 0.6) is 0 Å². The first-order valence-corrected chi connectivity index (χ1v) is 6.27. The van der Waals surface area contributed by atoms with Gasteiger partial charge < -0.3 is 24.8 Å². The highest BCUT2D eigenvalue weighted by Crippen LogP contribution is 2.18. The largest absolute Gasteiger partial charge is 0.481 e. The van der Waals surface area contributed by atoms with Crippen molar-refractivity contribution in [3.8, 4) is 0 Å². The van der Waals surface area contributed by atoms with Crippen LogP contribution in [-0.2, 0) is 14.3 Å².